The van der Waals surface area contributed by atoms with Gasteiger partial charge in [-0.3, -0.25) is 0 Å². The first kappa shape index (κ1) is 15.9. The Bertz CT molecular complexity index is 714. The Morgan fingerprint density at radius 2 is 1.70 bits per heavy atom. The number of methoxy groups -OCH3 is 2. The molecule has 1 heterocycles. The van der Waals surface area contributed by atoms with Gasteiger partial charge in [-0.2, -0.15) is 0 Å². The van der Waals surface area contributed by atoms with Crippen LogP contribution in [0.15, 0.2) is 24.3 Å². The normalized spacial score (nSPS) is 16.8. The maximum atomic E-state index is 5.65. The van der Waals surface area contributed by atoms with Crippen molar-refractivity contribution >= 4 is 0 Å². The molecule has 1 aliphatic heterocycles. The van der Waals surface area contributed by atoms with Crippen molar-refractivity contribution in [2.75, 3.05) is 20.8 Å². The number of hydrogen-bond acceptors (Lipinski definition) is 3. The first-order valence-corrected chi connectivity index (χ1v) is 8.11. The summed E-state index contributed by atoms with van der Waals surface area (Å²) in [5.41, 5.74) is 7.92. The van der Waals surface area contributed by atoms with Gasteiger partial charge < -0.3 is 14.8 Å². The van der Waals surface area contributed by atoms with E-state index >= 15 is 0 Å². The van der Waals surface area contributed by atoms with Crippen LogP contribution in [0.25, 0.3) is 0 Å². The Kier molecular flexibility index (Phi) is 4.31. The van der Waals surface area contributed by atoms with Gasteiger partial charge in [0.05, 0.1) is 20.3 Å². The topological polar surface area (TPSA) is 30.5 Å². The molecule has 2 aromatic rings. The van der Waals surface area contributed by atoms with E-state index in [1.165, 1.54) is 33.4 Å². The van der Waals surface area contributed by atoms with E-state index in [4.69, 9.17) is 9.47 Å². The molecule has 1 unspecified atom stereocenters. The maximum Gasteiger partial charge on any atom is 0.164 e. The lowest BCUT2D eigenvalue weighted by atomic mass is 9.84. The Hall–Kier alpha value is -2.00. The van der Waals surface area contributed by atoms with E-state index in [9.17, 15) is 0 Å². The maximum absolute atomic E-state index is 5.65. The first-order chi connectivity index (χ1) is 11.1. The van der Waals surface area contributed by atoms with Gasteiger partial charge in [-0.05, 0) is 55.5 Å². The van der Waals surface area contributed by atoms with E-state index in [0.717, 1.165) is 24.5 Å². The molecule has 0 amide bonds. The van der Waals surface area contributed by atoms with Gasteiger partial charge >= 0.3 is 0 Å². The molecule has 0 fully saturated rings. The molecule has 0 bridgehead atoms. The molecule has 1 atom stereocenters. The summed E-state index contributed by atoms with van der Waals surface area (Å²) >= 11 is 0. The highest BCUT2D eigenvalue weighted by Gasteiger charge is 2.27. The highest BCUT2D eigenvalue weighted by atomic mass is 16.5. The van der Waals surface area contributed by atoms with Gasteiger partial charge in [-0.1, -0.05) is 23.8 Å². The molecule has 0 aromatic heterocycles. The van der Waals surface area contributed by atoms with Crippen molar-refractivity contribution in [2.45, 2.75) is 33.2 Å². The predicted octanol–water partition coefficient (Wildman–Crippen LogP) is 3.86. The number of fused-ring (bicyclic) bond motifs is 1. The zero-order valence-electron chi connectivity index (χ0n) is 14.6. The van der Waals surface area contributed by atoms with Gasteiger partial charge in [0.25, 0.3) is 0 Å². The van der Waals surface area contributed by atoms with Gasteiger partial charge in [0.1, 0.15) is 0 Å². The third-order valence-corrected chi connectivity index (χ3v) is 4.75. The second kappa shape index (κ2) is 6.25. The Labute approximate surface area is 138 Å². The number of nitrogens with one attached hydrogen (secondary N) is 1. The van der Waals surface area contributed by atoms with Crippen LogP contribution in [0.4, 0.5) is 0 Å². The van der Waals surface area contributed by atoms with Crippen LogP contribution in [0.2, 0.25) is 0 Å². The molecule has 122 valence electrons. The Morgan fingerprint density at radius 3 is 2.30 bits per heavy atom. The van der Waals surface area contributed by atoms with Gasteiger partial charge in [0, 0.05) is 12.1 Å². The molecule has 0 saturated heterocycles. The number of hydrogen-bond donors (Lipinski definition) is 1. The average molecular weight is 311 g/mol. The quantitative estimate of drug-likeness (QED) is 0.933. The van der Waals surface area contributed by atoms with Crippen molar-refractivity contribution in [3.05, 3.63) is 57.6 Å². The SMILES string of the molecule is COc1ccc2c(c1OC)CCNC2c1c(C)cc(C)cc1C. The molecule has 1 aliphatic rings. The molecule has 2 aromatic carbocycles. The number of aryl methyl sites for hydroxylation is 3. The minimum absolute atomic E-state index is 0.208. The largest absolute Gasteiger partial charge is 0.493 e. The summed E-state index contributed by atoms with van der Waals surface area (Å²) in [6.07, 6.45) is 0.955. The third kappa shape index (κ3) is 2.70. The van der Waals surface area contributed by atoms with Crippen LogP contribution in [0.1, 0.15) is 39.4 Å². The zero-order valence-corrected chi connectivity index (χ0v) is 14.6. The van der Waals surface area contributed by atoms with Crippen LogP contribution in [0, 0.1) is 20.8 Å². The first-order valence-electron chi connectivity index (χ1n) is 8.11. The second-order valence-corrected chi connectivity index (χ2v) is 6.32. The summed E-state index contributed by atoms with van der Waals surface area (Å²) in [5.74, 6) is 1.68. The number of rotatable bonds is 3. The summed E-state index contributed by atoms with van der Waals surface area (Å²) in [6, 6.07) is 8.92. The summed E-state index contributed by atoms with van der Waals surface area (Å²) < 4.78 is 11.1. The molecule has 23 heavy (non-hydrogen) atoms. The Morgan fingerprint density at radius 1 is 1.00 bits per heavy atom. The fourth-order valence-corrected chi connectivity index (χ4v) is 3.89. The van der Waals surface area contributed by atoms with Crippen LogP contribution in [0.5, 0.6) is 11.5 Å². The smallest absolute Gasteiger partial charge is 0.164 e. The van der Waals surface area contributed by atoms with Crippen molar-refractivity contribution in [1.29, 1.82) is 0 Å². The van der Waals surface area contributed by atoms with Gasteiger partial charge in [0.15, 0.2) is 11.5 Å². The molecule has 3 rings (SSSR count). The molecule has 0 radical (unpaired) electrons. The molecular formula is C20H25NO2. The standard InChI is InChI=1S/C20H25NO2/c1-12-10-13(2)18(14(3)11-12)19-15-6-7-17(22-4)20(23-5)16(15)8-9-21-19/h6-7,10-11,19,21H,8-9H2,1-5H3. The summed E-state index contributed by atoms with van der Waals surface area (Å²) in [5, 5.41) is 3.69. The van der Waals surface area contributed by atoms with Crippen molar-refractivity contribution < 1.29 is 9.47 Å². The van der Waals surface area contributed by atoms with Crippen molar-refractivity contribution in [2.24, 2.45) is 0 Å². The number of ether oxygens (including phenoxy) is 2. The van der Waals surface area contributed by atoms with E-state index in [0.29, 0.717) is 0 Å². The predicted molar refractivity (Wildman–Crippen MR) is 93.7 cm³/mol. The van der Waals surface area contributed by atoms with E-state index < -0.39 is 0 Å². The third-order valence-electron chi connectivity index (χ3n) is 4.75. The summed E-state index contributed by atoms with van der Waals surface area (Å²) in [7, 11) is 3.41. The van der Waals surface area contributed by atoms with Crippen LogP contribution in [0.3, 0.4) is 0 Å². The van der Waals surface area contributed by atoms with E-state index in [1.54, 1.807) is 14.2 Å². The van der Waals surface area contributed by atoms with Gasteiger partial charge in [0.2, 0.25) is 0 Å². The molecule has 0 aliphatic carbocycles. The van der Waals surface area contributed by atoms with Gasteiger partial charge in [-0.15, -0.1) is 0 Å². The van der Waals surface area contributed by atoms with Crippen LogP contribution < -0.4 is 14.8 Å². The van der Waals surface area contributed by atoms with Crippen molar-refractivity contribution in [3.8, 4) is 11.5 Å². The lowest BCUT2D eigenvalue weighted by molar-refractivity contribution is 0.348. The lowest BCUT2D eigenvalue weighted by Gasteiger charge is -2.31. The van der Waals surface area contributed by atoms with E-state index in [1.807, 2.05) is 6.07 Å². The number of benzene rings is 2. The summed E-state index contributed by atoms with van der Waals surface area (Å²) in [6.45, 7) is 7.49. The van der Waals surface area contributed by atoms with Crippen molar-refractivity contribution in [1.82, 2.24) is 5.32 Å². The van der Waals surface area contributed by atoms with E-state index in [-0.39, 0.29) is 6.04 Å². The van der Waals surface area contributed by atoms with Crippen LogP contribution in [-0.4, -0.2) is 20.8 Å². The molecule has 1 N–H and O–H groups in total. The molecule has 3 nitrogen and oxygen atoms in total. The monoisotopic (exact) mass is 311 g/mol. The molecule has 3 heteroatoms. The zero-order chi connectivity index (χ0) is 16.6. The summed E-state index contributed by atoms with van der Waals surface area (Å²) in [4.78, 5) is 0. The second-order valence-electron chi connectivity index (χ2n) is 6.32. The lowest BCUT2D eigenvalue weighted by Crippen LogP contribution is -2.32. The van der Waals surface area contributed by atoms with E-state index in [2.05, 4.69) is 44.3 Å². The fraction of sp³-hybridized carbons (Fsp3) is 0.400. The highest BCUT2D eigenvalue weighted by molar-refractivity contribution is 5.56. The minimum atomic E-state index is 0.208. The minimum Gasteiger partial charge on any atom is -0.493 e. The molecule has 0 spiro atoms. The highest BCUT2D eigenvalue weighted by Crippen LogP contribution is 2.41. The fourth-order valence-electron chi connectivity index (χ4n) is 3.89. The molecular weight excluding hydrogens is 286 g/mol. The average Bonchev–Trinajstić information content (AvgIpc) is 2.52. The Balaban J connectivity index is 2.17. The van der Waals surface area contributed by atoms with Gasteiger partial charge in [-0.25, -0.2) is 0 Å². The van der Waals surface area contributed by atoms with Crippen LogP contribution >= 0.6 is 0 Å². The van der Waals surface area contributed by atoms with Crippen LogP contribution in [-0.2, 0) is 6.42 Å². The molecule has 0 saturated carbocycles. The van der Waals surface area contributed by atoms with Crippen molar-refractivity contribution in [3.63, 3.8) is 0 Å².